The highest BCUT2D eigenvalue weighted by Gasteiger charge is 2.22. The first-order valence-corrected chi connectivity index (χ1v) is 9.57. The zero-order valence-electron chi connectivity index (χ0n) is 15.1. The van der Waals surface area contributed by atoms with Crippen LogP contribution in [0.15, 0.2) is 34.9 Å². The van der Waals surface area contributed by atoms with Gasteiger partial charge in [0.1, 0.15) is 18.5 Å². The van der Waals surface area contributed by atoms with E-state index in [0.29, 0.717) is 36.2 Å². The van der Waals surface area contributed by atoms with Crippen LogP contribution in [-0.4, -0.2) is 47.2 Å². The van der Waals surface area contributed by atoms with Gasteiger partial charge in [-0.05, 0) is 26.0 Å². The van der Waals surface area contributed by atoms with Crippen LogP contribution >= 0.6 is 11.8 Å². The number of hydrogen-bond donors (Lipinski definition) is 2. The highest BCUT2D eigenvalue weighted by atomic mass is 32.2. The molecule has 1 aromatic heterocycles. The Balaban J connectivity index is 1.36. The minimum absolute atomic E-state index is 0.163. The maximum absolute atomic E-state index is 12.1. The molecule has 144 valence electrons. The minimum atomic E-state index is -0.408. The number of thioether (sulfide) groups is 1. The molecule has 1 aromatic carbocycles. The molecule has 0 saturated carbocycles. The fourth-order valence-corrected chi connectivity index (χ4v) is 3.09. The minimum Gasteiger partial charge on any atom is -0.486 e. The molecule has 8 nitrogen and oxygen atoms in total. The molecule has 0 spiro atoms. The van der Waals surface area contributed by atoms with Crippen LogP contribution in [0.3, 0.4) is 0 Å². The molecule has 27 heavy (non-hydrogen) atoms. The largest absolute Gasteiger partial charge is 0.486 e. The van der Waals surface area contributed by atoms with Crippen LogP contribution in [0, 0.1) is 6.92 Å². The number of amides is 2. The number of hydrogen-bond acceptors (Lipinski definition) is 7. The number of anilines is 1. The lowest BCUT2D eigenvalue weighted by atomic mass is 10.2. The summed E-state index contributed by atoms with van der Waals surface area (Å²) < 4.78 is 16.3. The number of fused-ring (bicyclic) bond motifs is 1. The molecule has 2 heterocycles. The Labute approximate surface area is 161 Å². The average Bonchev–Trinajstić information content (AvgIpc) is 3.08. The Bertz CT molecular complexity index is 810. The molecule has 0 aliphatic carbocycles. The van der Waals surface area contributed by atoms with E-state index in [0.717, 1.165) is 0 Å². The van der Waals surface area contributed by atoms with Crippen molar-refractivity contribution in [3.05, 3.63) is 36.1 Å². The van der Waals surface area contributed by atoms with Crippen molar-refractivity contribution in [3.63, 3.8) is 0 Å². The van der Waals surface area contributed by atoms with Gasteiger partial charge in [0.05, 0.1) is 17.5 Å². The average molecular weight is 391 g/mol. The molecule has 0 unspecified atom stereocenters. The normalized spacial score (nSPS) is 16.4. The van der Waals surface area contributed by atoms with E-state index in [-0.39, 0.29) is 23.7 Å². The fraction of sp³-hybridized carbons (Fsp3) is 0.389. The molecule has 1 aliphatic heterocycles. The summed E-state index contributed by atoms with van der Waals surface area (Å²) in [4.78, 5) is 24.1. The van der Waals surface area contributed by atoms with Gasteiger partial charge in [0.2, 0.25) is 11.8 Å². The molecule has 0 bridgehead atoms. The number of ether oxygens (including phenoxy) is 2. The quantitative estimate of drug-likeness (QED) is 0.744. The lowest BCUT2D eigenvalue weighted by molar-refractivity contribution is -0.119. The second-order valence-electron chi connectivity index (χ2n) is 6.07. The first-order chi connectivity index (χ1) is 13.0. The van der Waals surface area contributed by atoms with Crippen molar-refractivity contribution in [1.29, 1.82) is 0 Å². The highest BCUT2D eigenvalue weighted by Crippen LogP contribution is 2.30. The van der Waals surface area contributed by atoms with Gasteiger partial charge < -0.3 is 24.6 Å². The third-order valence-corrected chi connectivity index (χ3v) is 4.95. The van der Waals surface area contributed by atoms with Crippen molar-refractivity contribution in [2.45, 2.75) is 25.2 Å². The van der Waals surface area contributed by atoms with Gasteiger partial charge >= 0.3 is 0 Å². The van der Waals surface area contributed by atoms with Crippen LogP contribution < -0.4 is 20.1 Å². The lowest BCUT2D eigenvalue weighted by Gasteiger charge is -2.26. The molecule has 2 aromatic rings. The van der Waals surface area contributed by atoms with Gasteiger partial charge in [-0.1, -0.05) is 17.3 Å². The van der Waals surface area contributed by atoms with E-state index in [9.17, 15) is 9.59 Å². The number of carbonyl (C=O) groups is 2. The first-order valence-electron chi connectivity index (χ1n) is 8.52. The summed E-state index contributed by atoms with van der Waals surface area (Å²) in [6, 6.07) is 9.05. The van der Waals surface area contributed by atoms with Gasteiger partial charge in [-0.25, -0.2) is 0 Å². The third kappa shape index (κ3) is 5.40. The van der Waals surface area contributed by atoms with E-state index >= 15 is 0 Å². The van der Waals surface area contributed by atoms with E-state index in [1.54, 1.807) is 19.9 Å². The highest BCUT2D eigenvalue weighted by molar-refractivity contribution is 8.01. The van der Waals surface area contributed by atoms with Crippen LogP contribution in [0.1, 0.15) is 12.7 Å². The summed E-state index contributed by atoms with van der Waals surface area (Å²) in [5.41, 5.74) is 0. The van der Waals surface area contributed by atoms with Gasteiger partial charge in [-0.15, -0.1) is 11.8 Å². The van der Waals surface area contributed by atoms with Crippen molar-refractivity contribution in [1.82, 2.24) is 10.5 Å². The predicted molar refractivity (Wildman–Crippen MR) is 101 cm³/mol. The second-order valence-corrected chi connectivity index (χ2v) is 7.40. The number of aromatic nitrogens is 1. The van der Waals surface area contributed by atoms with Crippen LogP contribution in [0.25, 0.3) is 0 Å². The molecule has 2 amide bonds. The maximum Gasteiger partial charge on any atom is 0.238 e. The molecule has 2 atom stereocenters. The van der Waals surface area contributed by atoms with E-state index in [1.165, 1.54) is 11.8 Å². The van der Waals surface area contributed by atoms with Crippen molar-refractivity contribution in [2.24, 2.45) is 0 Å². The summed E-state index contributed by atoms with van der Waals surface area (Å²) in [6.07, 6.45) is -0.245. The number of rotatable bonds is 7. The zero-order chi connectivity index (χ0) is 19.2. The maximum atomic E-state index is 12.1. The van der Waals surface area contributed by atoms with E-state index in [1.807, 2.05) is 24.3 Å². The summed E-state index contributed by atoms with van der Waals surface area (Å²) in [5.74, 6) is 2.12. The number of carbonyl (C=O) groups excluding carboxylic acids is 2. The van der Waals surface area contributed by atoms with Gasteiger partial charge in [0, 0.05) is 6.07 Å². The van der Waals surface area contributed by atoms with Crippen LogP contribution in [0.2, 0.25) is 0 Å². The standard InChI is InChI=1S/C18H21N3O5S/c1-11-7-16(21-26-11)20-18(23)12(2)27-10-17(22)19-8-13-9-24-14-5-3-4-6-15(14)25-13/h3-7,12-13H,8-10H2,1-2H3,(H,19,22)(H,20,21,23)/t12-,13+/m0/s1. The van der Waals surface area contributed by atoms with E-state index in [4.69, 9.17) is 14.0 Å². The van der Waals surface area contributed by atoms with Crippen molar-refractivity contribution in [3.8, 4) is 11.5 Å². The molecule has 1 aliphatic rings. The van der Waals surface area contributed by atoms with Crippen molar-refractivity contribution < 1.29 is 23.6 Å². The number of nitrogens with one attached hydrogen (secondary N) is 2. The smallest absolute Gasteiger partial charge is 0.238 e. The monoisotopic (exact) mass is 391 g/mol. The Morgan fingerprint density at radius 2 is 2.11 bits per heavy atom. The number of para-hydroxylation sites is 2. The molecule has 0 radical (unpaired) electrons. The molecule has 2 N–H and O–H groups in total. The summed E-state index contributed by atoms with van der Waals surface area (Å²) in [6.45, 7) is 4.19. The predicted octanol–water partition coefficient (Wildman–Crippen LogP) is 2.00. The summed E-state index contributed by atoms with van der Waals surface area (Å²) >= 11 is 1.24. The second kappa shape index (κ2) is 8.81. The topological polar surface area (TPSA) is 103 Å². The number of nitrogens with zero attached hydrogens (tertiary/aromatic N) is 1. The number of benzene rings is 1. The summed E-state index contributed by atoms with van der Waals surface area (Å²) in [7, 11) is 0. The Kier molecular flexibility index (Phi) is 6.23. The zero-order valence-corrected chi connectivity index (χ0v) is 15.9. The van der Waals surface area contributed by atoms with Gasteiger partial charge in [-0.2, -0.15) is 0 Å². The third-order valence-electron chi connectivity index (χ3n) is 3.81. The Morgan fingerprint density at radius 3 is 2.85 bits per heavy atom. The Morgan fingerprint density at radius 1 is 1.33 bits per heavy atom. The van der Waals surface area contributed by atoms with Gasteiger partial charge in [0.15, 0.2) is 17.3 Å². The van der Waals surface area contributed by atoms with Crippen molar-refractivity contribution in [2.75, 3.05) is 24.2 Å². The first kappa shape index (κ1) is 19.1. The SMILES string of the molecule is Cc1cc(NC(=O)[C@H](C)SCC(=O)NC[C@@H]2COc3ccccc3O2)no1. The molecular formula is C18H21N3O5S. The lowest BCUT2D eigenvalue weighted by Crippen LogP contribution is -2.41. The van der Waals surface area contributed by atoms with E-state index in [2.05, 4.69) is 15.8 Å². The molecular weight excluding hydrogens is 370 g/mol. The summed E-state index contributed by atoms with van der Waals surface area (Å²) in [5, 5.41) is 8.75. The van der Waals surface area contributed by atoms with Gasteiger partial charge in [-0.3, -0.25) is 9.59 Å². The number of aryl methyl sites for hydroxylation is 1. The van der Waals surface area contributed by atoms with Crippen molar-refractivity contribution >= 4 is 29.4 Å². The van der Waals surface area contributed by atoms with E-state index < -0.39 is 5.25 Å². The Hall–Kier alpha value is -2.68. The van der Waals surface area contributed by atoms with Gasteiger partial charge in [0.25, 0.3) is 0 Å². The fourth-order valence-electron chi connectivity index (χ4n) is 2.37. The molecule has 0 saturated heterocycles. The molecule has 3 rings (SSSR count). The van der Waals surface area contributed by atoms with Crippen LogP contribution in [0.4, 0.5) is 5.82 Å². The van der Waals surface area contributed by atoms with Crippen LogP contribution in [-0.2, 0) is 9.59 Å². The molecule has 0 fully saturated rings. The molecule has 9 heteroatoms. The van der Waals surface area contributed by atoms with Crippen LogP contribution in [0.5, 0.6) is 11.5 Å².